The Bertz CT molecular complexity index is 495. The molecule has 0 spiro atoms. The Morgan fingerprint density at radius 1 is 1.27 bits per heavy atom. The van der Waals surface area contributed by atoms with Crippen LogP contribution in [0.5, 0.6) is 0 Å². The molecular formula is C14H20ClF2N3O2. The maximum atomic E-state index is 13.4. The van der Waals surface area contributed by atoms with Crippen LogP contribution in [0.2, 0.25) is 0 Å². The summed E-state index contributed by atoms with van der Waals surface area (Å²) in [5.41, 5.74) is 4.82. The van der Waals surface area contributed by atoms with Crippen LogP contribution in [0.25, 0.3) is 0 Å². The first-order valence-corrected chi connectivity index (χ1v) is 6.71. The van der Waals surface area contributed by atoms with Gasteiger partial charge in [0.15, 0.2) is 0 Å². The summed E-state index contributed by atoms with van der Waals surface area (Å²) in [5, 5.41) is 2.15. The smallest absolute Gasteiger partial charge is 0.244 e. The van der Waals surface area contributed by atoms with E-state index >= 15 is 0 Å². The number of hydrogen-bond donors (Lipinski definition) is 2. The highest BCUT2D eigenvalue weighted by Crippen LogP contribution is 2.17. The number of benzene rings is 1. The summed E-state index contributed by atoms with van der Waals surface area (Å²) in [6.07, 6.45) is 0.768. The number of rotatable bonds is 7. The number of nitrogens with one attached hydrogen (secondary N) is 1. The zero-order chi connectivity index (χ0) is 15.8. The number of carbonyl (C=O) groups excluding carboxylic acids is 2. The Morgan fingerprint density at radius 2 is 1.86 bits per heavy atom. The first-order valence-electron chi connectivity index (χ1n) is 6.71. The van der Waals surface area contributed by atoms with Crippen molar-refractivity contribution in [2.45, 2.75) is 19.8 Å². The number of carbonyl (C=O) groups is 2. The van der Waals surface area contributed by atoms with E-state index < -0.39 is 23.2 Å². The van der Waals surface area contributed by atoms with Crippen LogP contribution >= 0.6 is 12.4 Å². The third kappa shape index (κ3) is 5.95. The maximum absolute atomic E-state index is 13.4. The van der Waals surface area contributed by atoms with E-state index in [4.69, 9.17) is 5.73 Å². The zero-order valence-corrected chi connectivity index (χ0v) is 13.1. The minimum absolute atomic E-state index is 0. The number of para-hydroxylation sites is 1. The third-order valence-corrected chi connectivity index (χ3v) is 2.89. The van der Waals surface area contributed by atoms with Gasteiger partial charge < -0.3 is 16.0 Å². The van der Waals surface area contributed by atoms with E-state index in [2.05, 4.69) is 5.32 Å². The van der Waals surface area contributed by atoms with Crippen molar-refractivity contribution < 1.29 is 18.4 Å². The molecule has 5 nitrogen and oxygen atoms in total. The topological polar surface area (TPSA) is 75.4 Å². The molecule has 0 aromatic heterocycles. The minimum atomic E-state index is -0.860. The van der Waals surface area contributed by atoms with Gasteiger partial charge in [0.25, 0.3) is 0 Å². The molecule has 0 saturated carbocycles. The molecule has 0 saturated heterocycles. The van der Waals surface area contributed by atoms with Crippen LogP contribution in [-0.4, -0.2) is 36.3 Å². The lowest BCUT2D eigenvalue weighted by atomic mass is 10.2. The van der Waals surface area contributed by atoms with Gasteiger partial charge in [-0.15, -0.1) is 12.4 Å². The molecule has 0 fully saturated rings. The van der Waals surface area contributed by atoms with E-state index in [1.807, 2.05) is 0 Å². The van der Waals surface area contributed by atoms with Gasteiger partial charge in [-0.3, -0.25) is 9.59 Å². The van der Waals surface area contributed by atoms with Gasteiger partial charge in [-0.2, -0.15) is 0 Å². The van der Waals surface area contributed by atoms with Crippen LogP contribution in [0, 0.1) is 11.6 Å². The lowest BCUT2D eigenvalue weighted by molar-refractivity contribution is -0.134. The van der Waals surface area contributed by atoms with E-state index in [9.17, 15) is 18.4 Å². The van der Waals surface area contributed by atoms with Crippen LogP contribution in [0.4, 0.5) is 14.5 Å². The fourth-order valence-corrected chi connectivity index (χ4v) is 1.76. The second kappa shape index (κ2) is 10.1. The molecule has 0 atom stereocenters. The molecule has 3 N–H and O–H groups in total. The molecule has 1 rings (SSSR count). The Kier molecular flexibility index (Phi) is 9.28. The van der Waals surface area contributed by atoms with Gasteiger partial charge in [-0.05, 0) is 32.0 Å². The quantitative estimate of drug-likeness (QED) is 0.799. The Morgan fingerprint density at radius 3 is 2.36 bits per heavy atom. The van der Waals surface area contributed by atoms with Gasteiger partial charge in [-0.1, -0.05) is 6.07 Å². The number of halogens is 3. The lowest BCUT2D eigenvalue weighted by Gasteiger charge is -2.20. The average Bonchev–Trinajstić information content (AvgIpc) is 2.46. The van der Waals surface area contributed by atoms with Crippen molar-refractivity contribution >= 4 is 29.9 Å². The van der Waals surface area contributed by atoms with Gasteiger partial charge in [0, 0.05) is 13.0 Å². The second-order valence-electron chi connectivity index (χ2n) is 4.44. The molecule has 0 bridgehead atoms. The molecule has 0 radical (unpaired) electrons. The van der Waals surface area contributed by atoms with Crippen LogP contribution in [-0.2, 0) is 9.59 Å². The van der Waals surface area contributed by atoms with Crippen molar-refractivity contribution in [1.29, 1.82) is 0 Å². The first kappa shape index (κ1) is 20.3. The van der Waals surface area contributed by atoms with E-state index in [0.29, 0.717) is 19.5 Å². The van der Waals surface area contributed by atoms with Crippen molar-refractivity contribution in [2.24, 2.45) is 5.73 Å². The van der Waals surface area contributed by atoms with Gasteiger partial charge in [0.05, 0.1) is 6.54 Å². The van der Waals surface area contributed by atoms with E-state index in [1.54, 1.807) is 6.92 Å². The van der Waals surface area contributed by atoms with Gasteiger partial charge in [0.2, 0.25) is 11.8 Å². The fraction of sp³-hybridized carbons (Fsp3) is 0.429. The van der Waals surface area contributed by atoms with Gasteiger partial charge >= 0.3 is 0 Å². The highest BCUT2D eigenvalue weighted by molar-refractivity contribution is 5.94. The molecule has 0 heterocycles. The van der Waals surface area contributed by atoms with Crippen LogP contribution < -0.4 is 11.1 Å². The monoisotopic (exact) mass is 335 g/mol. The second-order valence-corrected chi connectivity index (χ2v) is 4.44. The molecule has 2 amide bonds. The van der Waals surface area contributed by atoms with E-state index in [-0.39, 0.29) is 31.3 Å². The summed E-state index contributed by atoms with van der Waals surface area (Å²) in [5.74, 6) is -2.59. The number of hydrogen-bond acceptors (Lipinski definition) is 3. The molecule has 1 aromatic carbocycles. The molecule has 8 heteroatoms. The summed E-state index contributed by atoms with van der Waals surface area (Å²) >= 11 is 0. The molecule has 0 aliphatic carbocycles. The highest BCUT2D eigenvalue weighted by atomic mass is 35.5. The van der Waals surface area contributed by atoms with Gasteiger partial charge in [-0.25, -0.2) is 8.78 Å². The summed E-state index contributed by atoms with van der Waals surface area (Å²) in [7, 11) is 0. The van der Waals surface area contributed by atoms with Crippen LogP contribution in [0.1, 0.15) is 19.8 Å². The molecule has 0 aliphatic heterocycles. The SMILES string of the molecule is CCN(CC(=O)Nc1c(F)cccc1F)C(=O)CCCN.Cl. The maximum Gasteiger partial charge on any atom is 0.244 e. The van der Waals surface area contributed by atoms with Crippen LogP contribution in [0.15, 0.2) is 18.2 Å². The largest absolute Gasteiger partial charge is 0.334 e. The predicted octanol–water partition coefficient (Wildman–Crippen LogP) is 1.91. The summed E-state index contributed by atoms with van der Waals surface area (Å²) < 4.78 is 26.8. The normalized spacial score (nSPS) is 9.82. The molecule has 1 aromatic rings. The summed E-state index contributed by atoms with van der Waals surface area (Å²) in [6.45, 7) is 2.18. The summed E-state index contributed by atoms with van der Waals surface area (Å²) in [6, 6.07) is 3.29. The molecule has 22 heavy (non-hydrogen) atoms. The number of nitrogens with two attached hydrogens (primary N) is 1. The number of likely N-dealkylation sites (N-methyl/N-ethyl adjacent to an activating group) is 1. The molecular weight excluding hydrogens is 316 g/mol. The summed E-state index contributed by atoms with van der Waals surface area (Å²) in [4.78, 5) is 24.9. The van der Waals surface area contributed by atoms with E-state index in [0.717, 1.165) is 12.1 Å². The van der Waals surface area contributed by atoms with Crippen molar-refractivity contribution in [3.63, 3.8) is 0 Å². The fourth-order valence-electron chi connectivity index (χ4n) is 1.76. The van der Waals surface area contributed by atoms with Crippen molar-refractivity contribution in [3.8, 4) is 0 Å². The predicted molar refractivity (Wildman–Crippen MR) is 82.8 cm³/mol. The Hall–Kier alpha value is -1.73. The Balaban J connectivity index is 0.00000441. The zero-order valence-electron chi connectivity index (χ0n) is 12.3. The standard InChI is InChI=1S/C14H19F2N3O2.ClH/c1-2-19(13(21)7-4-8-17)9-12(20)18-14-10(15)5-3-6-11(14)16;/h3,5-6H,2,4,7-9,17H2,1H3,(H,18,20);1H. The Labute approximate surface area is 134 Å². The van der Waals surface area contributed by atoms with Crippen molar-refractivity contribution in [2.75, 3.05) is 25.0 Å². The third-order valence-electron chi connectivity index (χ3n) is 2.89. The van der Waals surface area contributed by atoms with Crippen LogP contribution in [0.3, 0.4) is 0 Å². The molecule has 0 aliphatic rings. The number of nitrogens with zero attached hydrogens (tertiary/aromatic N) is 1. The van der Waals surface area contributed by atoms with Crippen molar-refractivity contribution in [3.05, 3.63) is 29.8 Å². The first-order chi connectivity index (χ1) is 9.99. The van der Waals surface area contributed by atoms with Gasteiger partial charge in [0.1, 0.15) is 17.3 Å². The average molecular weight is 336 g/mol. The highest BCUT2D eigenvalue weighted by Gasteiger charge is 2.17. The van der Waals surface area contributed by atoms with Crippen molar-refractivity contribution in [1.82, 2.24) is 4.90 Å². The molecule has 124 valence electrons. The number of anilines is 1. The minimum Gasteiger partial charge on any atom is -0.334 e. The molecule has 0 unspecified atom stereocenters. The lowest BCUT2D eigenvalue weighted by Crippen LogP contribution is -2.38. The van der Waals surface area contributed by atoms with E-state index in [1.165, 1.54) is 11.0 Å². The number of amides is 2.